The van der Waals surface area contributed by atoms with Crippen LogP contribution in [-0.2, 0) is 0 Å². The molecular formula is C11H2F7. The SMILES string of the molecule is [CH2]c1c(F)c(F)c2c(F)c(F)c(F)c(F)c2c1F. The van der Waals surface area contributed by atoms with E-state index in [1.807, 2.05) is 0 Å². The van der Waals surface area contributed by atoms with Crippen molar-refractivity contribution in [3.05, 3.63) is 53.2 Å². The topological polar surface area (TPSA) is 0 Å². The van der Waals surface area contributed by atoms with Gasteiger partial charge in [0.1, 0.15) is 5.82 Å². The molecule has 0 atom stereocenters. The van der Waals surface area contributed by atoms with E-state index in [0.29, 0.717) is 0 Å². The first kappa shape index (κ1) is 12.7. The quantitative estimate of drug-likeness (QED) is 0.384. The summed E-state index contributed by atoms with van der Waals surface area (Å²) in [5.41, 5.74) is -1.20. The maximum atomic E-state index is 13.4. The van der Waals surface area contributed by atoms with Gasteiger partial charge in [0.05, 0.1) is 10.8 Å². The van der Waals surface area contributed by atoms with Crippen LogP contribution in [0.25, 0.3) is 10.8 Å². The molecule has 0 aliphatic carbocycles. The molecule has 0 N–H and O–H groups in total. The first-order valence-corrected chi connectivity index (χ1v) is 4.43. The molecule has 0 spiro atoms. The van der Waals surface area contributed by atoms with E-state index in [0.717, 1.165) is 0 Å². The lowest BCUT2D eigenvalue weighted by molar-refractivity contribution is 0.411. The van der Waals surface area contributed by atoms with Crippen molar-refractivity contribution in [2.24, 2.45) is 0 Å². The molecule has 0 aromatic heterocycles. The lowest BCUT2D eigenvalue weighted by atomic mass is 10.0. The van der Waals surface area contributed by atoms with Crippen molar-refractivity contribution in [3.63, 3.8) is 0 Å². The fourth-order valence-corrected chi connectivity index (χ4v) is 1.53. The third kappa shape index (κ3) is 1.39. The Morgan fingerprint density at radius 1 is 0.444 bits per heavy atom. The minimum atomic E-state index is -2.35. The second-order valence-corrected chi connectivity index (χ2v) is 3.43. The van der Waals surface area contributed by atoms with E-state index in [9.17, 15) is 30.7 Å². The largest absolute Gasteiger partial charge is 0.206 e. The Bertz CT molecular complexity index is 562. The molecule has 0 amide bonds. The second kappa shape index (κ2) is 3.86. The molecule has 0 saturated carbocycles. The molecule has 95 valence electrons. The van der Waals surface area contributed by atoms with Crippen molar-refractivity contribution in [3.8, 4) is 0 Å². The maximum Gasteiger partial charge on any atom is 0.198 e. The summed E-state index contributed by atoms with van der Waals surface area (Å²) >= 11 is 0. The summed E-state index contributed by atoms with van der Waals surface area (Å²) in [7, 11) is 0. The van der Waals surface area contributed by atoms with Crippen molar-refractivity contribution >= 4 is 10.8 Å². The van der Waals surface area contributed by atoms with E-state index >= 15 is 0 Å². The van der Waals surface area contributed by atoms with Crippen LogP contribution in [-0.4, -0.2) is 0 Å². The van der Waals surface area contributed by atoms with Crippen LogP contribution in [0.3, 0.4) is 0 Å². The lowest BCUT2D eigenvalue weighted by Crippen LogP contribution is -2.05. The highest BCUT2D eigenvalue weighted by Gasteiger charge is 2.28. The molecule has 7 heteroatoms. The summed E-state index contributed by atoms with van der Waals surface area (Å²) in [6.45, 7) is 2.76. The van der Waals surface area contributed by atoms with Crippen LogP contribution in [0.15, 0.2) is 0 Å². The van der Waals surface area contributed by atoms with Gasteiger partial charge in [0.15, 0.2) is 34.9 Å². The summed E-state index contributed by atoms with van der Waals surface area (Å²) in [5.74, 6) is -14.8. The molecule has 0 fully saturated rings. The van der Waals surface area contributed by atoms with Crippen LogP contribution in [0, 0.1) is 47.6 Å². The number of fused-ring (bicyclic) bond motifs is 1. The average Bonchev–Trinajstić information content (AvgIpc) is 2.35. The molecule has 1 radical (unpaired) electrons. The number of benzene rings is 2. The van der Waals surface area contributed by atoms with Gasteiger partial charge in [-0.25, -0.2) is 30.7 Å². The summed E-state index contributed by atoms with van der Waals surface area (Å²) < 4.78 is 92.0. The zero-order chi connectivity index (χ0) is 13.8. The van der Waals surface area contributed by atoms with Crippen LogP contribution in [0.4, 0.5) is 30.7 Å². The van der Waals surface area contributed by atoms with Gasteiger partial charge in [-0.05, 0) is 6.92 Å². The highest BCUT2D eigenvalue weighted by Crippen LogP contribution is 2.33. The Balaban J connectivity index is 3.22. The van der Waals surface area contributed by atoms with Gasteiger partial charge in [0.2, 0.25) is 0 Å². The molecule has 0 aliphatic heterocycles. The predicted octanol–water partition coefficient (Wildman–Crippen LogP) is 4.00. The molecule has 0 bridgehead atoms. The third-order valence-electron chi connectivity index (χ3n) is 2.43. The monoisotopic (exact) mass is 267 g/mol. The van der Waals surface area contributed by atoms with E-state index in [1.165, 1.54) is 0 Å². The van der Waals surface area contributed by atoms with Crippen molar-refractivity contribution in [2.45, 2.75) is 0 Å². The van der Waals surface area contributed by atoms with E-state index in [-0.39, 0.29) is 0 Å². The number of hydrogen-bond acceptors (Lipinski definition) is 0. The van der Waals surface area contributed by atoms with Crippen LogP contribution in [0.2, 0.25) is 0 Å². The van der Waals surface area contributed by atoms with Gasteiger partial charge in [-0.2, -0.15) is 0 Å². The van der Waals surface area contributed by atoms with Gasteiger partial charge in [-0.1, -0.05) is 0 Å². The van der Waals surface area contributed by atoms with Crippen molar-refractivity contribution < 1.29 is 30.7 Å². The maximum absolute atomic E-state index is 13.4. The van der Waals surface area contributed by atoms with Crippen LogP contribution >= 0.6 is 0 Å². The Morgan fingerprint density at radius 2 is 0.778 bits per heavy atom. The standard InChI is InChI=1S/C11H2F7/c1-2-5(12)3-4(7(14)6(2)13)9(16)11(18)10(17)8(3)15/h1H2. The molecule has 2 rings (SSSR count). The Kier molecular flexibility index (Phi) is 2.71. The predicted molar refractivity (Wildman–Crippen MR) is 48.1 cm³/mol. The summed E-state index contributed by atoms with van der Waals surface area (Å²) in [6, 6.07) is 0. The Morgan fingerprint density at radius 3 is 1.22 bits per heavy atom. The first-order valence-electron chi connectivity index (χ1n) is 4.43. The van der Waals surface area contributed by atoms with Crippen molar-refractivity contribution in [1.29, 1.82) is 0 Å². The zero-order valence-electron chi connectivity index (χ0n) is 8.35. The highest BCUT2D eigenvalue weighted by atomic mass is 19.2. The number of halogens is 7. The van der Waals surface area contributed by atoms with E-state index < -0.39 is 57.1 Å². The smallest absolute Gasteiger partial charge is 0.198 e. The van der Waals surface area contributed by atoms with Gasteiger partial charge < -0.3 is 0 Å². The molecule has 2 aromatic rings. The summed E-state index contributed by atoms with van der Waals surface area (Å²) in [5, 5.41) is -3.15. The van der Waals surface area contributed by atoms with E-state index in [2.05, 4.69) is 6.92 Å². The minimum Gasteiger partial charge on any atom is -0.206 e. The molecule has 2 aromatic carbocycles. The van der Waals surface area contributed by atoms with Crippen LogP contribution in [0.1, 0.15) is 5.56 Å². The molecule has 18 heavy (non-hydrogen) atoms. The normalized spacial score (nSPS) is 11.3. The minimum absolute atomic E-state index is 1.20. The molecule has 0 unspecified atom stereocenters. The lowest BCUT2D eigenvalue weighted by Gasteiger charge is -2.09. The first-order chi connectivity index (χ1) is 8.29. The van der Waals surface area contributed by atoms with Gasteiger partial charge in [0.25, 0.3) is 0 Å². The van der Waals surface area contributed by atoms with Crippen LogP contribution in [0.5, 0.6) is 0 Å². The van der Waals surface area contributed by atoms with Gasteiger partial charge in [-0.15, -0.1) is 0 Å². The Labute approximate surface area is 95.6 Å². The highest BCUT2D eigenvalue weighted by molar-refractivity contribution is 5.86. The van der Waals surface area contributed by atoms with E-state index in [1.54, 1.807) is 0 Å². The summed E-state index contributed by atoms with van der Waals surface area (Å²) in [6.07, 6.45) is 0. The van der Waals surface area contributed by atoms with Gasteiger partial charge in [0, 0.05) is 5.56 Å². The molecular weight excluding hydrogens is 265 g/mol. The van der Waals surface area contributed by atoms with Gasteiger partial charge in [-0.3, -0.25) is 0 Å². The summed E-state index contributed by atoms with van der Waals surface area (Å²) in [4.78, 5) is 0. The molecule has 0 aliphatic rings. The average molecular weight is 267 g/mol. The fraction of sp³-hybridized carbons (Fsp3) is 0. The molecule has 0 heterocycles. The zero-order valence-corrected chi connectivity index (χ0v) is 8.35. The fourth-order valence-electron chi connectivity index (χ4n) is 1.53. The third-order valence-corrected chi connectivity index (χ3v) is 2.43. The van der Waals surface area contributed by atoms with Crippen LogP contribution < -0.4 is 0 Å². The van der Waals surface area contributed by atoms with E-state index in [4.69, 9.17) is 0 Å². The molecule has 0 saturated heterocycles. The number of rotatable bonds is 0. The molecule has 0 nitrogen and oxygen atoms in total. The van der Waals surface area contributed by atoms with Crippen molar-refractivity contribution in [2.75, 3.05) is 0 Å². The van der Waals surface area contributed by atoms with Crippen molar-refractivity contribution in [1.82, 2.24) is 0 Å². The van der Waals surface area contributed by atoms with Gasteiger partial charge >= 0.3 is 0 Å². The Hall–Kier alpha value is -1.79. The second-order valence-electron chi connectivity index (χ2n) is 3.43. The number of hydrogen-bond donors (Lipinski definition) is 0.